The van der Waals surface area contributed by atoms with Gasteiger partial charge in [0.1, 0.15) is 22.8 Å². The van der Waals surface area contributed by atoms with Crippen LogP contribution in [0.4, 0.5) is 30.8 Å². The number of anilines is 3. The van der Waals surface area contributed by atoms with Gasteiger partial charge in [0.2, 0.25) is 11.8 Å². The number of nitrogens with zero attached hydrogens (tertiary/aromatic N) is 3. The molecule has 0 spiro atoms. The maximum Gasteiger partial charge on any atom is 0.323 e. The van der Waals surface area contributed by atoms with Crippen LogP contribution in [0, 0.1) is 17.0 Å². The molecule has 4 N–H and O–H groups in total. The Balaban J connectivity index is 1.37. The fraction of sp³-hybridized carbons (Fsp3) is 0.259. The second-order valence-electron chi connectivity index (χ2n) is 9.48. The summed E-state index contributed by atoms with van der Waals surface area (Å²) in [6.45, 7) is 0.635. The Morgan fingerprint density at radius 1 is 1.08 bits per heavy atom. The number of carbonyl (C=O) groups is 3. The molecule has 4 amide bonds. The molecule has 10 nitrogen and oxygen atoms in total. The molecule has 1 atom stereocenters. The van der Waals surface area contributed by atoms with E-state index >= 15 is 4.39 Å². The molecule has 1 saturated carbocycles. The third-order valence-corrected chi connectivity index (χ3v) is 6.74. The summed E-state index contributed by atoms with van der Waals surface area (Å²) >= 11 is 0. The standard InChI is InChI=1S/C27H25F2N5O5/c28-16-1-3-17(4-2-16)34(25(37)27(9-10-27)24(30)36)18-5-6-22(21(29)13-18)39-20-7-11-31-23(14-20)32-26(38)33-12-8-19(35)15-33/h1-7,11,13-14,19,35H,8-10,12,15H2,(H2,30,36)(H,31,32,38)/t19-/m0/s1. The molecule has 1 aromatic heterocycles. The largest absolute Gasteiger partial charge is 0.454 e. The van der Waals surface area contributed by atoms with Crippen molar-refractivity contribution in [3.63, 3.8) is 0 Å². The molecule has 12 heteroatoms. The van der Waals surface area contributed by atoms with Gasteiger partial charge in [-0.1, -0.05) is 0 Å². The molecular weight excluding hydrogens is 512 g/mol. The number of hydrogen-bond donors (Lipinski definition) is 3. The van der Waals surface area contributed by atoms with E-state index in [2.05, 4.69) is 10.3 Å². The van der Waals surface area contributed by atoms with Crippen molar-refractivity contribution in [2.24, 2.45) is 11.1 Å². The summed E-state index contributed by atoms with van der Waals surface area (Å²) in [5, 5.41) is 12.2. The second kappa shape index (κ2) is 10.3. The van der Waals surface area contributed by atoms with Gasteiger partial charge < -0.3 is 20.5 Å². The minimum atomic E-state index is -1.40. The number of carbonyl (C=O) groups excluding carboxylic acids is 3. The highest BCUT2D eigenvalue weighted by Crippen LogP contribution is 2.49. The Morgan fingerprint density at radius 2 is 1.79 bits per heavy atom. The Bertz CT molecular complexity index is 1430. The van der Waals surface area contributed by atoms with Crippen molar-refractivity contribution in [3.05, 3.63) is 72.4 Å². The number of nitrogens with one attached hydrogen (secondary N) is 1. The Labute approximate surface area is 222 Å². The van der Waals surface area contributed by atoms with Crippen molar-refractivity contribution in [2.75, 3.05) is 23.3 Å². The summed E-state index contributed by atoms with van der Waals surface area (Å²) < 4.78 is 34.4. The first kappa shape index (κ1) is 26.0. The first-order chi connectivity index (χ1) is 18.7. The van der Waals surface area contributed by atoms with E-state index < -0.39 is 41.0 Å². The lowest BCUT2D eigenvalue weighted by Crippen LogP contribution is -2.41. The van der Waals surface area contributed by atoms with Crippen LogP contribution in [0.15, 0.2) is 60.8 Å². The van der Waals surface area contributed by atoms with Crippen LogP contribution in [0.5, 0.6) is 11.5 Å². The highest BCUT2D eigenvalue weighted by Gasteiger charge is 2.57. The van der Waals surface area contributed by atoms with Gasteiger partial charge in [-0.2, -0.15) is 0 Å². The van der Waals surface area contributed by atoms with Crippen LogP contribution < -0.4 is 20.7 Å². The molecule has 0 radical (unpaired) electrons. The summed E-state index contributed by atoms with van der Waals surface area (Å²) in [5.41, 5.74) is 4.43. The molecule has 1 aliphatic carbocycles. The van der Waals surface area contributed by atoms with E-state index in [-0.39, 0.29) is 48.1 Å². The first-order valence-corrected chi connectivity index (χ1v) is 12.2. The summed E-state index contributed by atoms with van der Waals surface area (Å²) in [6, 6.07) is 11.3. The predicted octanol–water partition coefficient (Wildman–Crippen LogP) is 3.68. The molecule has 1 aliphatic heterocycles. The fourth-order valence-corrected chi connectivity index (χ4v) is 4.37. The number of ether oxygens (including phenoxy) is 1. The normalized spacial score (nSPS) is 17.4. The number of hydrogen-bond acceptors (Lipinski definition) is 6. The van der Waals surface area contributed by atoms with Gasteiger partial charge in [-0.15, -0.1) is 0 Å². The van der Waals surface area contributed by atoms with Gasteiger partial charge in [0.25, 0.3) is 0 Å². The first-order valence-electron chi connectivity index (χ1n) is 12.2. The minimum absolute atomic E-state index is 0.0967. The van der Waals surface area contributed by atoms with Crippen LogP contribution in [0.3, 0.4) is 0 Å². The molecule has 39 heavy (non-hydrogen) atoms. The maximum atomic E-state index is 15.2. The SMILES string of the molecule is NC(=O)C1(C(=O)N(c2ccc(F)cc2)c2ccc(Oc3ccnc(NC(=O)N4CC[C@H](O)C4)c3)c(F)c2)CC1. The van der Waals surface area contributed by atoms with Crippen molar-refractivity contribution >= 4 is 35.0 Å². The van der Waals surface area contributed by atoms with E-state index in [9.17, 15) is 23.9 Å². The van der Waals surface area contributed by atoms with Gasteiger partial charge in [-0.3, -0.25) is 19.8 Å². The lowest BCUT2D eigenvalue weighted by atomic mass is 10.0. The number of benzene rings is 2. The van der Waals surface area contributed by atoms with Crippen LogP contribution in [0.25, 0.3) is 0 Å². The summed E-state index contributed by atoms with van der Waals surface area (Å²) in [5.74, 6) is -2.56. The number of likely N-dealkylation sites (tertiary alicyclic amines) is 1. The number of aliphatic hydroxyl groups excluding tert-OH is 1. The zero-order valence-electron chi connectivity index (χ0n) is 20.6. The monoisotopic (exact) mass is 537 g/mol. The number of aliphatic hydroxyl groups is 1. The van der Waals surface area contributed by atoms with Crippen LogP contribution in [-0.2, 0) is 9.59 Å². The van der Waals surface area contributed by atoms with Crippen LogP contribution in [0.2, 0.25) is 0 Å². The zero-order valence-corrected chi connectivity index (χ0v) is 20.6. The fourth-order valence-electron chi connectivity index (χ4n) is 4.37. The van der Waals surface area contributed by atoms with E-state index in [1.165, 1.54) is 47.5 Å². The van der Waals surface area contributed by atoms with E-state index in [1.54, 1.807) is 0 Å². The highest BCUT2D eigenvalue weighted by atomic mass is 19.1. The lowest BCUT2D eigenvalue weighted by molar-refractivity contribution is -0.133. The molecule has 2 aliphatic rings. The van der Waals surface area contributed by atoms with Crippen LogP contribution in [0.1, 0.15) is 19.3 Å². The van der Waals surface area contributed by atoms with E-state index in [0.29, 0.717) is 13.0 Å². The minimum Gasteiger partial charge on any atom is -0.454 e. The molecule has 5 rings (SSSR count). The summed E-state index contributed by atoms with van der Waals surface area (Å²) in [4.78, 5) is 44.5. The van der Waals surface area contributed by atoms with Gasteiger partial charge in [0.05, 0.1) is 11.8 Å². The maximum absolute atomic E-state index is 15.2. The smallest absolute Gasteiger partial charge is 0.323 e. The summed E-state index contributed by atoms with van der Waals surface area (Å²) in [6.07, 6.45) is 1.84. The number of primary amides is 1. The van der Waals surface area contributed by atoms with Crippen molar-refractivity contribution in [1.29, 1.82) is 0 Å². The zero-order chi connectivity index (χ0) is 27.7. The predicted molar refractivity (Wildman–Crippen MR) is 136 cm³/mol. The van der Waals surface area contributed by atoms with E-state index in [4.69, 9.17) is 10.5 Å². The van der Waals surface area contributed by atoms with Crippen molar-refractivity contribution in [3.8, 4) is 11.5 Å². The number of aromatic nitrogens is 1. The third-order valence-electron chi connectivity index (χ3n) is 6.74. The molecule has 2 aromatic carbocycles. The molecule has 202 valence electrons. The Morgan fingerprint density at radius 3 is 2.41 bits per heavy atom. The number of nitrogens with two attached hydrogens (primary N) is 1. The van der Waals surface area contributed by atoms with Crippen molar-refractivity contribution in [2.45, 2.75) is 25.4 Å². The van der Waals surface area contributed by atoms with Crippen LogP contribution >= 0.6 is 0 Å². The third kappa shape index (κ3) is 5.36. The topological polar surface area (TPSA) is 138 Å². The highest BCUT2D eigenvalue weighted by molar-refractivity contribution is 6.16. The Kier molecular flexibility index (Phi) is 6.87. The van der Waals surface area contributed by atoms with Crippen molar-refractivity contribution in [1.82, 2.24) is 9.88 Å². The van der Waals surface area contributed by atoms with E-state index in [1.807, 2.05) is 0 Å². The second-order valence-corrected chi connectivity index (χ2v) is 9.48. The van der Waals surface area contributed by atoms with E-state index in [0.717, 1.165) is 23.1 Å². The number of rotatable bonds is 7. The molecule has 3 aromatic rings. The average molecular weight is 538 g/mol. The quantitative estimate of drug-likeness (QED) is 0.393. The molecule has 0 unspecified atom stereocenters. The van der Waals surface area contributed by atoms with Gasteiger partial charge in [0.15, 0.2) is 11.6 Å². The lowest BCUT2D eigenvalue weighted by Gasteiger charge is -2.26. The molecule has 2 fully saturated rings. The summed E-state index contributed by atoms with van der Waals surface area (Å²) in [7, 11) is 0. The Hall–Kier alpha value is -4.58. The van der Waals surface area contributed by atoms with Gasteiger partial charge in [-0.25, -0.2) is 18.6 Å². The van der Waals surface area contributed by atoms with Crippen LogP contribution in [-0.4, -0.2) is 52.0 Å². The average Bonchev–Trinajstić information content (AvgIpc) is 3.62. The number of halogens is 2. The number of amides is 4. The number of urea groups is 1. The molecule has 2 heterocycles. The van der Waals surface area contributed by atoms with Crippen molar-refractivity contribution < 1.29 is 33.0 Å². The molecule has 0 bridgehead atoms. The van der Waals surface area contributed by atoms with Gasteiger partial charge >= 0.3 is 6.03 Å². The molecular formula is C27H25F2N5O5. The number of β-amino-alcohol motifs (C(OH)–C–C–N with tert-alkyl or cyclic N) is 1. The molecule has 1 saturated heterocycles. The number of pyridine rings is 1. The van der Waals surface area contributed by atoms with Gasteiger partial charge in [0, 0.05) is 37.1 Å². The van der Waals surface area contributed by atoms with Gasteiger partial charge in [-0.05, 0) is 61.7 Å².